The van der Waals surface area contributed by atoms with Crippen molar-refractivity contribution in [3.05, 3.63) is 93.2 Å². The molecule has 0 spiro atoms. The molecule has 1 heterocycles. The van der Waals surface area contributed by atoms with Crippen LogP contribution >= 0.6 is 23.2 Å². The summed E-state index contributed by atoms with van der Waals surface area (Å²) in [5.41, 5.74) is 7.03. The molecule has 0 bridgehead atoms. The molecule has 0 aliphatic carbocycles. The van der Waals surface area contributed by atoms with Crippen molar-refractivity contribution < 1.29 is 13.9 Å². The number of hydrogen-bond donors (Lipinski definition) is 1. The van der Waals surface area contributed by atoms with Gasteiger partial charge < -0.3 is 14.5 Å². The Labute approximate surface area is 209 Å². The minimum atomic E-state index is -0.175. The number of carbonyl (C=O) groups excluding carboxylic acids is 1. The molecule has 0 radical (unpaired) electrons. The van der Waals surface area contributed by atoms with Crippen LogP contribution in [0.15, 0.2) is 65.3 Å². The highest BCUT2D eigenvalue weighted by Crippen LogP contribution is 2.42. The molecule has 1 amide bonds. The van der Waals surface area contributed by atoms with Crippen molar-refractivity contribution in [1.82, 2.24) is 5.32 Å². The van der Waals surface area contributed by atoms with Crippen LogP contribution in [-0.4, -0.2) is 13.0 Å². The topological polar surface area (TPSA) is 51.5 Å². The SMILES string of the molecule is COc1c(/C(C)=C/C(=O)NCc2ccc(C)cc2)cc2c(-c3ccc(Cl)cc3Cl)coc2c1C. The molecule has 0 saturated carbocycles. The zero-order valence-corrected chi connectivity index (χ0v) is 21.0. The van der Waals surface area contributed by atoms with E-state index in [0.717, 1.165) is 38.8 Å². The first-order chi connectivity index (χ1) is 16.3. The summed E-state index contributed by atoms with van der Waals surface area (Å²) in [5, 5.41) is 4.93. The number of aryl methyl sites for hydroxylation is 2. The van der Waals surface area contributed by atoms with Crippen LogP contribution in [0.5, 0.6) is 5.75 Å². The van der Waals surface area contributed by atoms with Gasteiger partial charge in [0.1, 0.15) is 11.3 Å². The molecule has 0 saturated heterocycles. The van der Waals surface area contributed by atoms with Gasteiger partial charge in [-0.2, -0.15) is 0 Å². The van der Waals surface area contributed by atoms with Crippen molar-refractivity contribution in [2.75, 3.05) is 7.11 Å². The van der Waals surface area contributed by atoms with Gasteiger partial charge in [0.15, 0.2) is 0 Å². The third-order valence-corrected chi connectivity index (χ3v) is 6.38. The first-order valence-corrected chi connectivity index (χ1v) is 11.6. The molecule has 3 aromatic carbocycles. The molecular weight excluding hydrogens is 469 g/mol. The van der Waals surface area contributed by atoms with Crippen LogP contribution in [0.3, 0.4) is 0 Å². The van der Waals surface area contributed by atoms with Crippen LogP contribution in [0, 0.1) is 13.8 Å². The van der Waals surface area contributed by atoms with Gasteiger partial charge >= 0.3 is 0 Å². The minimum Gasteiger partial charge on any atom is -0.496 e. The number of carbonyl (C=O) groups is 1. The fourth-order valence-electron chi connectivity index (χ4n) is 4.01. The lowest BCUT2D eigenvalue weighted by atomic mass is 9.96. The van der Waals surface area contributed by atoms with Crippen LogP contribution in [0.2, 0.25) is 10.0 Å². The zero-order chi connectivity index (χ0) is 24.4. The summed E-state index contributed by atoms with van der Waals surface area (Å²) in [7, 11) is 1.61. The molecule has 4 rings (SSSR count). The second-order valence-electron chi connectivity index (χ2n) is 8.26. The molecule has 0 aliphatic heterocycles. The summed E-state index contributed by atoms with van der Waals surface area (Å²) in [6, 6.07) is 15.4. The fourth-order valence-corrected chi connectivity index (χ4v) is 4.52. The van der Waals surface area contributed by atoms with Crippen LogP contribution < -0.4 is 10.1 Å². The van der Waals surface area contributed by atoms with E-state index in [9.17, 15) is 4.79 Å². The molecule has 1 N–H and O–H groups in total. The Hall–Kier alpha value is -3.21. The number of hydrogen-bond acceptors (Lipinski definition) is 3. The summed E-state index contributed by atoms with van der Waals surface area (Å²) in [5.74, 6) is 0.488. The largest absolute Gasteiger partial charge is 0.496 e. The van der Waals surface area contributed by atoms with Gasteiger partial charge in [0.25, 0.3) is 0 Å². The fraction of sp³-hybridized carbons (Fsp3) is 0.179. The summed E-state index contributed by atoms with van der Waals surface area (Å²) >= 11 is 12.5. The highest BCUT2D eigenvalue weighted by Gasteiger charge is 2.20. The maximum atomic E-state index is 12.7. The zero-order valence-electron chi connectivity index (χ0n) is 19.5. The Morgan fingerprint density at radius 2 is 1.79 bits per heavy atom. The van der Waals surface area contributed by atoms with Gasteiger partial charge in [-0.25, -0.2) is 0 Å². The van der Waals surface area contributed by atoms with Gasteiger partial charge in [0, 0.05) is 45.3 Å². The number of furan rings is 1. The van der Waals surface area contributed by atoms with Gasteiger partial charge in [-0.3, -0.25) is 4.79 Å². The second-order valence-corrected chi connectivity index (χ2v) is 9.11. The molecule has 4 nitrogen and oxygen atoms in total. The number of nitrogens with one attached hydrogen (secondary N) is 1. The van der Waals surface area contributed by atoms with E-state index in [2.05, 4.69) is 5.32 Å². The van der Waals surface area contributed by atoms with Crippen LogP contribution in [-0.2, 0) is 11.3 Å². The van der Waals surface area contributed by atoms with Gasteiger partial charge in [0.05, 0.1) is 18.4 Å². The third kappa shape index (κ3) is 4.84. The quantitative estimate of drug-likeness (QED) is 0.279. The molecule has 0 fully saturated rings. The lowest BCUT2D eigenvalue weighted by molar-refractivity contribution is -0.116. The van der Waals surface area contributed by atoms with Crippen molar-refractivity contribution in [2.45, 2.75) is 27.3 Å². The molecule has 4 aromatic rings. The van der Waals surface area contributed by atoms with Crippen molar-refractivity contribution in [2.24, 2.45) is 0 Å². The van der Waals surface area contributed by atoms with Gasteiger partial charge in [-0.1, -0.05) is 59.1 Å². The molecule has 0 atom stereocenters. The predicted molar refractivity (Wildman–Crippen MR) is 140 cm³/mol. The Morgan fingerprint density at radius 3 is 2.47 bits per heavy atom. The predicted octanol–water partition coefficient (Wildman–Crippen LogP) is 7.75. The van der Waals surface area contributed by atoms with E-state index < -0.39 is 0 Å². The smallest absolute Gasteiger partial charge is 0.244 e. The molecule has 34 heavy (non-hydrogen) atoms. The summed E-state index contributed by atoms with van der Waals surface area (Å²) in [6.45, 7) is 6.32. The lowest BCUT2D eigenvalue weighted by Gasteiger charge is -2.13. The van der Waals surface area contributed by atoms with Crippen molar-refractivity contribution in [3.63, 3.8) is 0 Å². The van der Waals surface area contributed by atoms with E-state index in [1.165, 1.54) is 5.56 Å². The molecule has 174 valence electrons. The number of ether oxygens (including phenoxy) is 1. The Kier molecular flexibility index (Phi) is 7.01. The van der Waals surface area contributed by atoms with Crippen molar-refractivity contribution in [3.8, 4) is 16.9 Å². The van der Waals surface area contributed by atoms with E-state index in [1.54, 1.807) is 31.6 Å². The monoisotopic (exact) mass is 493 g/mol. The van der Waals surface area contributed by atoms with Gasteiger partial charge in [-0.15, -0.1) is 0 Å². The molecular formula is C28H25Cl2NO3. The molecule has 6 heteroatoms. The van der Waals surface area contributed by atoms with Crippen LogP contribution in [0.4, 0.5) is 0 Å². The summed E-state index contributed by atoms with van der Waals surface area (Å²) < 4.78 is 11.6. The second kappa shape index (κ2) is 9.96. The van der Waals surface area contributed by atoms with E-state index in [-0.39, 0.29) is 5.91 Å². The van der Waals surface area contributed by atoms with Crippen LogP contribution in [0.1, 0.15) is 29.2 Å². The average molecular weight is 494 g/mol. The maximum Gasteiger partial charge on any atom is 0.244 e. The third-order valence-electron chi connectivity index (χ3n) is 5.83. The summed E-state index contributed by atoms with van der Waals surface area (Å²) in [4.78, 5) is 12.7. The Bertz CT molecular complexity index is 1400. The number of halogens is 2. The highest BCUT2D eigenvalue weighted by molar-refractivity contribution is 6.36. The normalized spacial score (nSPS) is 11.6. The number of benzene rings is 3. The van der Waals surface area contributed by atoms with Crippen molar-refractivity contribution in [1.29, 1.82) is 0 Å². The van der Waals surface area contributed by atoms with E-state index in [1.807, 2.05) is 57.2 Å². The first kappa shape index (κ1) is 23.9. The number of amides is 1. The van der Waals surface area contributed by atoms with E-state index in [4.69, 9.17) is 32.4 Å². The summed E-state index contributed by atoms with van der Waals surface area (Å²) in [6.07, 6.45) is 3.27. The highest BCUT2D eigenvalue weighted by atomic mass is 35.5. The molecule has 0 unspecified atom stereocenters. The van der Waals surface area contributed by atoms with Crippen molar-refractivity contribution >= 4 is 45.7 Å². The number of rotatable bonds is 6. The lowest BCUT2D eigenvalue weighted by Crippen LogP contribution is -2.20. The first-order valence-electron chi connectivity index (χ1n) is 10.8. The van der Waals surface area contributed by atoms with Crippen LogP contribution in [0.25, 0.3) is 27.7 Å². The molecule has 1 aromatic heterocycles. The minimum absolute atomic E-state index is 0.175. The Morgan fingerprint density at radius 1 is 1.06 bits per heavy atom. The van der Waals surface area contributed by atoms with Gasteiger partial charge in [-0.05, 0) is 50.1 Å². The Balaban J connectivity index is 1.70. The molecule has 0 aliphatic rings. The number of methoxy groups -OCH3 is 1. The number of allylic oxidation sites excluding steroid dienone is 1. The average Bonchev–Trinajstić information content (AvgIpc) is 3.22. The standard InChI is InChI=1S/C28H25Cl2NO3/c1-16-5-7-19(8-6-16)14-31-26(32)11-17(2)22-13-23-24(21-10-9-20(29)12-25(21)30)15-34-28(23)18(3)27(22)33-4/h5-13,15H,14H2,1-4H3,(H,31,32)/b17-11+. The number of fused-ring (bicyclic) bond motifs is 1. The van der Waals surface area contributed by atoms with E-state index >= 15 is 0 Å². The van der Waals surface area contributed by atoms with E-state index in [0.29, 0.717) is 27.9 Å². The van der Waals surface area contributed by atoms with Gasteiger partial charge in [0.2, 0.25) is 5.91 Å². The maximum absolute atomic E-state index is 12.7.